The monoisotopic (exact) mass is 270 g/mol. The molecule has 0 spiro atoms. The second-order valence-corrected chi connectivity index (χ2v) is 4.92. The molecule has 0 radical (unpaired) electrons. The van der Waals surface area contributed by atoms with Crippen molar-refractivity contribution in [2.24, 2.45) is 11.7 Å². The molecule has 1 unspecified atom stereocenters. The zero-order valence-electron chi connectivity index (χ0n) is 9.79. The molecule has 0 bridgehead atoms. The highest BCUT2D eigenvalue weighted by Gasteiger charge is 2.12. The molecular weight excluding hydrogens is 256 g/mol. The molecule has 1 rings (SSSR count). The molecule has 3 N–H and O–H groups in total. The predicted octanol–water partition coefficient (Wildman–Crippen LogP) is 2.90. The molecule has 0 heterocycles. The summed E-state index contributed by atoms with van der Waals surface area (Å²) in [5.41, 5.74) is 7.15. The molecule has 1 amide bonds. The van der Waals surface area contributed by atoms with Crippen LogP contribution in [0.15, 0.2) is 18.2 Å². The van der Waals surface area contributed by atoms with Crippen LogP contribution in [-0.4, -0.2) is 10.9 Å². The summed E-state index contributed by atoms with van der Waals surface area (Å²) < 4.78 is 0. The van der Waals surface area contributed by atoms with Crippen LogP contribution in [0, 0.1) is 12.8 Å². The van der Waals surface area contributed by atoms with Gasteiger partial charge in [-0.25, -0.2) is 0 Å². The highest BCUT2D eigenvalue weighted by atomic mass is 35.5. The van der Waals surface area contributed by atoms with Gasteiger partial charge in [0.1, 0.15) is 0 Å². The van der Waals surface area contributed by atoms with Crippen molar-refractivity contribution in [3.8, 4) is 0 Å². The molecule has 1 atom stereocenters. The van der Waals surface area contributed by atoms with Crippen molar-refractivity contribution in [3.63, 3.8) is 0 Å². The van der Waals surface area contributed by atoms with Crippen molar-refractivity contribution in [1.82, 2.24) is 0 Å². The molecule has 3 nitrogen and oxygen atoms in total. The average molecular weight is 271 g/mol. The fourth-order valence-electron chi connectivity index (χ4n) is 1.31. The predicted molar refractivity (Wildman–Crippen MR) is 75.4 cm³/mol. The number of carbonyl (C=O) groups is 1. The summed E-state index contributed by atoms with van der Waals surface area (Å²) >= 11 is 10.7. The Morgan fingerprint density at radius 2 is 2.24 bits per heavy atom. The summed E-state index contributed by atoms with van der Waals surface area (Å²) in [5, 5.41) is 3.39. The minimum absolute atomic E-state index is 0.107. The number of benzene rings is 1. The van der Waals surface area contributed by atoms with Gasteiger partial charge in [-0.15, -0.1) is 0 Å². The third-order valence-corrected chi connectivity index (χ3v) is 3.09. The molecule has 1 aromatic carbocycles. The minimum atomic E-state index is -0.115. The van der Waals surface area contributed by atoms with E-state index in [2.05, 4.69) is 5.32 Å². The Hall–Kier alpha value is -1.13. The zero-order valence-corrected chi connectivity index (χ0v) is 11.4. The van der Waals surface area contributed by atoms with E-state index >= 15 is 0 Å². The molecule has 0 fully saturated rings. The highest BCUT2D eigenvalue weighted by Crippen LogP contribution is 2.20. The van der Waals surface area contributed by atoms with Gasteiger partial charge in [-0.3, -0.25) is 4.79 Å². The first-order valence-corrected chi connectivity index (χ1v) is 6.04. The standard InChI is InChI=1S/C12H15ClN2OS/c1-7-3-4-9(13)6-10(7)15-11(16)5-8(2)12(14)17/h3-4,6,8H,5H2,1-2H3,(H2,14,17)(H,15,16). The van der Waals surface area contributed by atoms with Crippen LogP contribution in [0.5, 0.6) is 0 Å². The molecule has 1 aromatic rings. The summed E-state index contributed by atoms with van der Waals surface area (Å²) in [4.78, 5) is 12.1. The number of aryl methyl sites for hydroxylation is 1. The first-order valence-electron chi connectivity index (χ1n) is 5.25. The van der Waals surface area contributed by atoms with E-state index in [1.54, 1.807) is 12.1 Å². The van der Waals surface area contributed by atoms with Crippen LogP contribution >= 0.6 is 23.8 Å². The first-order chi connectivity index (χ1) is 7.90. The lowest BCUT2D eigenvalue weighted by Crippen LogP contribution is -2.24. The Morgan fingerprint density at radius 3 is 2.82 bits per heavy atom. The van der Waals surface area contributed by atoms with Gasteiger partial charge in [0.15, 0.2) is 0 Å². The van der Waals surface area contributed by atoms with Gasteiger partial charge in [0.2, 0.25) is 5.91 Å². The van der Waals surface area contributed by atoms with Crippen LogP contribution < -0.4 is 11.1 Å². The van der Waals surface area contributed by atoms with Gasteiger partial charge in [0.25, 0.3) is 0 Å². The summed E-state index contributed by atoms with van der Waals surface area (Å²) in [6.07, 6.45) is 0.279. The smallest absolute Gasteiger partial charge is 0.225 e. The van der Waals surface area contributed by atoms with Gasteiger partial charge < -0.3 is 11.1 Å². The number of hydrogen-bond acceptors (Lipinski definition) is 2. The molecule has 5 heteroatoms. The number of anilines is 1. The van der Waals surface area contributed by atoms with Crippen LogP contribution in [0.3, 0.4) is 0 Å². The van der Waals surface area contributed by atoms with E-state index in [4.69, 9.17) is 29.6 Å². The molecular formula is C12H15ClN2OS. The van der Waals surface area contributed by atoms with Crippen LogP contribution in [0.1, 0.15) is 18.9 Å². The number of hydrogen-bond donors (Lipinski definition) is 2. The van der Waals surface area contributed by atoms with Crippen molar-refractivity contribution in [2.45, 2.75) is 20.3 Å². The van der Waals surface area contributed by atoms with Crippen molar-refractivity contribution in [2.75, 3.05) is 5.32 Å². The van der Waals surface area contributed by atoms with Gasteiger partial charge in [-0.2, -0.15) is 0 Å². The van der Waals surface area contributed by atoms with E-state index in [0.29, 0.717) is 10.0 Å². The van der Waals surface area contributed by atoms with E-state index in [9.17, 15) is 4.79 Å². The van der Waals surface area contributed by atoms with E-state index in [1.807, 2.05) is 19.9 Å². The Kier molecular flexibility index (Phi) is 4.90. The van der Waals surface area contributed by atoms with Gasteiger partial charge in [-0.05, 0) is 24.6 Å². The van der Waals surface area contributed by atoms with E-state index < -0.39 is 0 Å². The maximum atomic E-state index is 11.7. The number of rotatable bonds is 4. The highest BCUT2D eigenvalue weighted by molar-refractivity contribution is 7.80. The van der Waals surface area contributed by atoms with Crippen LogP contribution in [-0.2, 0) is 4.79 Å². The van der Waals surface area contributed by atoms with Crippen molar-refractivity contribution >= 4 is 40.4 Å². The number of halogens is 1. The molecule has 0 saturated carbocycles. The Labute approximate surface area is 111 Å². The zero-order chi connectivity index (χ0) is 13.0. The molecule has 0 aliphatic carbocycles. The maximum Gasteiger partial charge on any atom is 0.225 e. The van der Waals surface area contributed by atoms with Gasteiger partial charge >= 0.3 is 0 Å². The van der Waals surface area contributed by atoms with Gasteiger partial charge in [0, 0.05) is 23.0 Å². The Balaban J connectivity index is 2.68. The molecule has 92 valence electrons. The number of nitrogens with two attached hydrogens (primary N) is 1. The Morgan fingerprint density at radius 1 is 1.59 bits per heavy atom. The normalized spacial score (nSPS) is 11.9. The topological polar surface area (TPSA) is 55.1 Å². The third kappa shape index (κ3) is 4.32. The van der Waals surface area contributed by atoms with Crippen LogP contribution in [0.2, 0.25) is 5.02 Å². The van der Waals surface area contributed by atoms with Crippen LogP contribution in [0.25, 0.3) is 0 Å². The fraction of sp³-hybridized carbons (Fsp3) is 0.333. The third-order valence-electron chi connectivity index (χ3n) is 2.45. The van der Waals surface area contributed by atoms with E-state index in [1.165, 1.54) is 0 Å². The molecule has 0 aliphatic rings. The lowest BCUT2D eigenvalue weighted by molar-refractivity contribution is -0.116. The molecule has 17 heavy (non-hydrogen) atoms. The lowest BCUT2D eigenvalue weighted by atomic mass is 10.1. The van der Waals surface area contributed by atoms with Crippen molar-refractivity contribution in [1.29, 1.82) is 0 Å². The molecule has 0 aromatic heterocycles. The van der Waals surface area contributed by atoms with Gasteiger partial charge in [0.05, 0.1) is 4.99 Å². The maximum absolute atomic E-state index is 11.7. The largest absolute Gasteiger partial charge is 0.393 e. The van der Waals surface area contributed by atoms with Gasteiger partial charge in [-0.1, -0.05) is 36.8 Å². The van der Waals surface area contributed by atoms with E-state index in [-0.39, 0.29) is 18.2 Å². The second-order valence-electron chi connectivity index (χ2n) is 4.01. The summed E-state index contributed by atoms with van der Waals surface area (Å²) in [5.74, 6) is -0.222. The van der Waals surface area contributed by atoms with E-state index in [0.717, 1.165) is 11.3 Å². The SMILES string of the molecule is Cc1ccc(Cl)cc1NC(=O)CC(C)C(N)=S. The number of amides is 1. The van der Waals surface area contributed by atoms with Crippen molar-refractivity contribution in [3.05, 3.63) is 28.8 Å². The fourth-order valence-corrected chi connectivity index (χ4v) is 1.56. The molecule has 0 aliphatic heterocycles. The van der Waals surface area contributed by atoms with Crippen LogP contribution in [0.4, 0.5) is 5.69 Å². The quantitative estimate of drug-likeness (QED) is 0.827. The minimum Gasteiger partial charge on any atom is -0.393 e. The summed E-state index contributed by atoms with van der Waals surface area (Å²) in [6.45, 7) is 3.73. The second kappa shape index (κ2) is 5.98. The Bertz CT molecular complexity index is 448. The number of carbonyl (C=O) groups excluding carboxylic acids is 1. The average Bonchev–Trinajstić information content (AvgIpc) is 2.23. The number of thiocarbonyl (C=S) groups is 1. The summed E-state index contributed by atoms with van der Waals surface area (Å²) in [6, 6.07) is 5.36. The first kappa shape index (κ1) is 13.9. The summed E-state index contributed by atoms with van der Waals surface area (Å²) in [7, 11) is 0. The van der Waals surface area contributed by atoms with Crippen molar-refractivity contribution < 1.29 is 4.79 Å². The lowest BCUT2D eigenvalue weighted by Gasteiger charge is -2.11. The number of nitrogens with one attached hydrogen (secondary N) is 1. The molecule has 0 saturated heterocycles.